The number of Topliss-reactive ketones (excluding diaryl/α,β-unsaturated/α-hetero) is 1. The molecule has 0 saturated heterocycles. The second kappa shape index (κ2) is 4.43. The van der Waals surface area contributed by atoms with Gasteiger partial charge in [-0.25, -0.2) is 0 Å². The van der Waals surface area contributed by atoms with Gasteiger partial charge in [-0.3, -0.25) is 4.79 Å². The fourth-order valence-corrected chi connectivity index (χ4v) is 2.25. The SMILES string of the molecule is CC(=O)C1=C(c2ccccc2)CCCC1. The van der Waals surface area contributed by atoms with Crippen LogP contribution in [0, 0.1) is 0 Å². The Hall–Kier alpha value is -1.37. The Morgan fingerprint density at radius 3 is 2.40 bits per heavy atom. The van der Waals surface area contributed by atoms with Crippen molar-refractivity contribution in [1.29, 1.82) is 0 Å². The van der Waals surface area contributed by atoms with Gasteiger partial charge in [-0.05, 0) is 49.3 Å². The summed E-state index contributed by atoms with van der Waals surface area (Å²) in [4.78, 5) is 11.5. The van der Waals surface area contributed by atoms with Crippen LogP contribution in [0.2, 0.25) is 0 Å². The van der Waals surface area contributed by atoms with Crippen molar-refractivity contribution in [3.05, 3.63) is 41.5 Å². The highest BCUT2D eigenvalue weighted by Crippen LogP contribution is 2.32. The van der Waals surface area contributed by atoms with Crippen molar-refractivity contribution < 1.29 is 4.79 Å². The van der Waals surface area contributed by atoms with Crippen molar-refractivity contribution in [2.45, 2.75) is 32.6 Å². The lowest BCUT2D eigenvalue weighted by atomic mass is 9.86. The van der Waals surface area contributed by atoms with Gasteiger partial charge in [0.1, 0.15) is 0 Å². The summed E-state index contributed by atoms with van der Waals surface area (Å²) < 4.78 is 0. The molecule has 0 atom stereocenters. The predicted molar refractivity (Wildman–Crippen MR) is 62.5 cm³/mol. The van der Waals surface area contributed by atoms with Crippen molar-refractivity contribution in [1.82, 2.24) is 0 Å². The molecule has 1 nitrogen and oxygen atoms in total. The minimum Gasteiger partial charge on any atom is -0.295 e. The van der Waals surface area contributed by atoms with Gasteiger partial charge in [0.25, 0.3) is 0 Å². The first-order valence-corrected chi connectivity index (χ1v) is 5.57. The van der Waals surface area contributed by atoms with Crippen LogP contribution in [0.5, 0.6) is 0 Å². The summed E-state index contributed by atoms with van der Waals surface area (Å²) in [5, 5.41) is 0. The Morgan fingerprint density at radius 2 is 1.73 bits per heavy atom. The Morgan fingerprint density at radius 1 is 1.07 bits per heavy atom. The zero-order valence-corrected chi connectivity index (χ0v) is 9.12. The van der Waals surface area contributed by atoms with Crippen LogP contribution >= 0.6 is 0 Å². The summed E-state index contributed by atoms with van der Waals surface area (Å²) >= 11 is 0. The van der Waals surface area contributed by atoms with E-state index >= 15 is 0 Å². The van der Waals surface area contributed by atoms with E-state index in [-0.39, 0.29) is 5.78 Å². The van der Waals surface area contributed by atoms with E-state index < -0.39 is 0 Å². The Balaban J connectivity index is 2.44. The molecule has 1 aromatic carbocycles. The summed E-state index contributed by atoms with van der Waals surface area (Å²) in [6.45, 7) is 1.68. The van der Waals surface area contributed by atoms with E-state index in [1.807, 2.05) is 18.2 Å². The first-order valence-electron chi connectivity index (χ1n) is 5.57. The number of rotatable bonds is 2. The molecule has 0 spiro atoms. The standard InChI is InChI=1S/C14H16O/c1-11(15)13-9-5-6-10-14(13)12-7-3-2-4-8-12/h2-4,7-8H,5-6,9-10H2,1H3. The van der Waals surface area contributed by atoms with E-state index in [4.69, 9.17) is 0 Å². The molecular weight excluding hydrogens is 184 g/mol. The van der Waals surface area contributed by atoms with Crippen LogP contribution in [-0.4, -0.2) is 5.78 Å². The van der Waals surface area contributed by atoms with Crippen LogP contribution < -0.4 is 0 Å². The molecule has 0 aliphatic heterocycles. The molecule has 1 aliphatic rings. The van der Waals surface area contributed by atoms with Gasteiger partial charge in [0.05, 0.1) is 0 Å². The number of allylic oxidation sites excluding steroid dienone is 2. The van der Waals surface area contributed by atoms with E-state index in [1.165, 1.54) is 17.6 Å². The highest BCUT2D eigenvalue weighted by Gasteiger charge is 2.16. The largest absolute Gasteiger partial charge is 0.295 e. The first kappa shape index (κ1) is 10.2. The molecule has 15 heavy (non-hydrogen) atoms. The third-order valence-corrected chi connectivity index (χ3v) is 3.02. The number of carbonyl (C=O) groups is 1. The van der Waals surface area contributed by atoms with Crippen LogP contribution in [0.15, 0.2) is 35.9 Å². The zero-order chi connectivity index (χ0) is 10.7. The number of benzene rings is 1. The maximum absolute atomic E-state index is 11.5. The van der Waals surface area contributed by atoms with Crippen molar-refractivity contribution in [2.24, 2.45) is 0 Å². The lowest BCUT2D eigenvalue weighted by Gasteiger charge is -2.18. The lowest BCUT2D eigenvalue weighted by Crippen LogP contribution is -2.06. The molecule has 0 amide bonds. The monoisotopic (exact) mass is 200 g/mol. The molecule has 0 aromatic heterocycles. The maximum atomic E-state index is 11.5. The van der Waals surface area contributed by atoms with Gasteiger partial charge in [0.2, 0.25) is 0 Å². The summed E-state index contributed by atoms with van der Waals surface area (Å²) in [6, 6.07) is 10.3. The molecule has 0 fully saturated rings. The van der Waals surface area contributed by atoms with Crippen molar-refractivity contribution in [2.75, 3.05) is 0 Å². The molecule has 0 radical (unpaired) electrons. The third-order valence-electron chi connectivity index (χ3n) is 3.02. The normalized spacial score (nSPS) is 16.6. The van der Waals surface area contributed by atoms with Gasteiger partial charge in [-0.1, -0.05) is 30.3 Å². The van der Waals surface area contributed by atoms with Crippen LogP contribution in [0.4, 0.5) is 0 Å². The lowest BCUT2D eigenvalue weighted by molar-refractivity contribution is -0.113. The summed E-state index contributed by atoms with van der Waals surface area (Å²) in [5.41, 5.74) is 3.55. The molecule has 78 valence electrons. The van der Waals surface area contributed by atoms with Crippen LogP contribution in [0.3, 0.4) is 0 Å². The molecule has 1 aliphatic carbocycles. The van der Waals surface area contributed by atoms with E-state index in [2.05, 4.69) is 12.1 Å². The van der Waals surface area contributed by atoms with Gasteiger partial charge in [-0.2, -0.15) is 0 Å². The number of carbonyl (C=O) groups excluding carboxylic acids is 1. The third kappa shape index (κ3) is 2.17. The van der Waals surface area contributed by atoms with Crippen molar-refractivity contribution in [3.63, 3.8) is 0 Å². The minimum atomic E-state index is 0.244. The number of hydrogen-bond acceptors (Lipinski definition) is 1. The van der Waals surface area contributed by atoms with Gasteiger partial charge in [0.15, 0.2) is 5.78 Å². The molecule has 0 heterocycles. The van der Waals surface area contributed by atoms with E-state index in [0.717, 1.165) is 24.8 Å². The molecular formula is C14H16O. The van der Waals surface area contributed by atoms with Crippen molar-refractivity contribution in [3.8, 4) is 0 Å². The molecule has 1 heteroatoms. The topological polar surface area (TPSA) is 17.1 Å². The molecule has 0 saturated carbocycles. The minimum absolute atomic E-state index is 0.244. The first-order chi connectivity index (χ1) is 7.29. The molecule has 0 unspecified atom stereocenters. The summed E-state index contributed by atoms with van der Waals surface area (Å²) in [6.07, 6.45) is 4.38. The number of hydrogen-bond donors (Lipinski definition) is 0. The fraction of sp³-hybridized carbons (Fsp3) is 0.357. The second-order valence-electron chi connectivity index (χ2n) is 4.09. The average Bonchev–Trinajstić information content (AvgIpc) is 2.30. The molecule has 0 N–H and O–H groups in total. The highest BCUT2D eigenvalue weighted by atomic mass is 16.1. The Bertz CT molecular complexity index is 387. The predicted octanol–water partition coefficient (Wildman–Crippen LogP) is 3.60. The van der Waals surface area contributed by atoms with E-state index in [1.54, 1.807) is 6.92 Å². The highest BCUT2D eigenvalue weighted by molar-refractivity contribution is 6.01. The summed E-state index contributed by atoms with van der Waals surface area (Å²) in [5.74, 6) is 0.244. The van der Waals surface area contributed by atoms with E-state index in [9.17, 15) is 4.79 Å². The quantitative estimate of drug-likeness (QED) is 0.712. The Labute approximate surface area is 90.8 Å². The average molecular weight is 200 g/mol. The van der Waals surface area contributed by atoms with Gasteiger partial charge in [-0.15, -0.1) is 0 Å². The molecule has 2 rings (SSSR count). The number of ketones is 1. The zero-order valence-electron chi connectivity index (χ0n) is 9.12. The van der Waals surface area contributed by atoms with Gasteiger partial charge in [0, 0.05) is 0 Å². The van der Waals surface area contributed by atoms with Crippen LogP contribution in [-0.2, 0) is 4.79 Å². The van der Waals surface area contributed by atoms with Crippen LogP contribution in [0.25, 0.3) is 5.57 Å². The van der Waals surface area contributed by atoms with E-state index in [0.29, 0.717) is 0 Å². The summed E-state index contributed by atoms with van der Waals surface area (Å²) in [7, 11) is 0. The molecule has 0 bridgehead atoms. The van der Waals surface area contributed by atoms with Crippen LogP contribution in [0.1, 0.15) is 38.2 Å². The smallest absolute Gasteiger partial charge is 0.156 e. The fourth-order valence-electron chi connectivity index (χ4n) is 2.25. The van der Waals surface area contributed by atoms with Gasteiger partial charge < -0.3 is 0 Å². The second-order valence-corrected chi connectivity index (χ2v) is 4.09. The van der Waals surface area contributed by atoms with Crippen molar-refractivity contribution >= 4 is 11.4 Å². The van der Waals surface area contributed by atoms with Gasteiger partial charge >= 0.3 is 0 Å². The Kier molecular flexibility index (Phi) is 3.00. The molecule has 1 aromatic rings. The maximum Gasteiger partial charge on any atom is 0.156 e.